The number of carbonyl (C=O) groups excluding carboxylic acids is 1. The van der Waals surface area contributed by atoms with Crippen LogP contribution in [0.1, 0.15) is 29.3 Å². The molecule has 2 rings (SSSR count). The molecule has 0 saturated carbocycles. The van der Waals surface area contributed by atoms with Gasteiger partial charge in [0.05, 0.1) is 5.56 Å². The van der Waals surface area contributed by atoms with Crippen LogP contribution in [0.25, 0.3) is 0 Å². The van der Waals surface area contributed by atoms with Crippen molar-refractivity contribution in [1.82, 2.24) is 0 Å². The molecular formula is C11H12O3. The van der Waals surface area contributed by atoms with Crippen LogP contribution in [0.4, 0.5) is 0 Å². The van der Waals surface area contributed by atoms with Gasteiger partial charge in [0, 0.05) is 12.5 Å². The molecule has 0 bridgehead atoms. The molecule has 0 amide bonds. The van der Waals surface area contributed by atoms with Crippen molar-refractivity contribution in [3.05, 3.63) is 23.3 Å². The molecule has 0 radical (unpaired) electrons. The second kappa shape index (κ2) is 3.01. The van der Waals surface area contributed by atoms with Crippen LogP contribution in [0.3, 0.4) is 0 Å². The molecule has 0 saturated heterocycles. The minimum Gasteiger partial charge on any atom is -0.508 e. The first-order valence-corrected chi connectivity index (χ1v) is 4.61. The molecule has 1 aliphatic heterocycles. The van der Waals surface area contributed by atoms with Gasteiger partial charge in [0.25, 0.3) is 0 Å². The molecule has 1 unspecified atom stereocenters. The summed E-state index contributed by atoms with van der Waals surface area (Å²) in [5, 5.41) is 9.35. The predicted octanol–water partition coefficient (Wildman–Crippen LogP) is 2.05. The number of hydrogen-bond donors (Lipinski definition) is 1. The third-order valence-corrected chi connectivity index (χ3v) is 2.36. The van der Waals surface area contributed by atoms with Crippen LogP contribution in [0.5, 0.6) is 11.5 Å². The van der Waals surface area contributed by atoms with E-state index in [0.29, 0.717) is 17.7 Å². The van der Waals surface area contributed by atoms with Gasteiger partial charge in [0.15, 0.2) is 5.78 Å². The van der Waals surface area contributed by atoms with Crippen LogP contribution in [-0.4, -0.2) is 17.0 Å². The second-order valence-corrected chi connectivity index (χ2v) is 3.69. The standard InChI is InChI=1S/C11H12O3/c1-6-3-8(12)5-10-11(6)9(13)4-7(2)14-10/h3,5,7,12H,4H2,1-2H3. The van der Waals surface area contributed by atoms with Gasteiger partial charge in [0.1, 0.15) is 17.6 Å². The van der Waals surface area contributed by atoms with Gasteiger partial charge in [-0.05, 0) is 25.5 Å². The topological polar surface area (TPSA) is 46.5 Å². The van der Waals surface area contributed by atoms with Gasteiger partial charge in [-0.25, -0.2) is 0 Å². The molecule has 1 aromatic rings. The SMILES string of the molecule is Cc1cc(O)cc2c1C(=O)CC(C)O2. The molecule has 0 fully saturated rings. The molecule has 0 aromatic heterocycles. The van der Waals surface area contributed by atoms with Gasteiger partial charge < -0.3 is 9.84 Å². The minimum absolute atomic E-state index is 0.0938. The zero-order valence-corrected chi connectivity index (χ0v) is 8.20. The lowest BCUT2D eigenvalue weighted by Crippen LogP contribution is -2.24. The first kappa shape index (κ1) is 9.06. The Morgan fingerprint density at radius 1 is 1.50 bits per heavy atom. The second-order valence-electron chi connectivity index (χ2n) is 3.69. The quantitative estimate of drug-likeness (QED) is 0.684. The van der Waals surface area contributed by atoms with Crippen LogP contribution >= 0.6 is 0 Å². The largest absolute Gasteiger partial charge is 0.508 e. The summed E-state index contributed by atoms with van der Waals surface area (Å²) in [6.07, 6.45) is 0.315. The molecule has 3 nitrogen and oxygen atoms in total. The fraction of sp³-hybridized carbons (Fsp3) is 0.364. The van der Waals surface area contributed by atoms with Gasteiger partial charge in [-0.15, -0.1) is 0 Å². The fourth-order valence-electron chi connectivity index (χ4n) is 1.81. The first-order valence-electron chi connectivity index (χ1n) is 4.61. The van der Waals surface area contributed by atoms with Crippen LogP contribution in [0, 0.1) is 6.92 Å². The van der Waals surface area contributed by atoms with Gasteiger partial charge in [-0.2, -0.15) is 0 Å². The number of carbonyl (C=O) groups is 1. The molecule has 74 valence electrons. The number of ether oxygens (including phenoxy) is 1. The number of aryl methyl sites for hydroxylation is 1. The maximum Gasteiger partial charge on any atom is 0.170 e. The molecule has 1 N–H and O–H groups in total. The van der Waals surface area contributed by atoms with Gasteiger partial charge in [-0.1, -0.05) is 0 Å². The number of phenols is 1. The van der Waals surface area contributed by atoms with Gasteiger partial charge >= 0.3 is 0 Å². The molecule has 14 heavy (non-hydrogen) atoms. The Morgan fingerprint density at radius 2 is 2.21 bits per heavy atom. The summed E-state index contributed by atoms with van der Waals surface area (Å²) in [5.41, 5.74) is 1.39. The van der Waals surface area contributed by atoms with Crippen LogP contribution < -0.4 is 4.74 Å². The molecule has 0 spiro atoms. The van der Waals surface area contributed by atoms with E-state index < -0.39 is 0 Å². The van der Waals surface area contributed by atoms with Gasteiger partial charge in [0.2, 0.25) is 0 Å². The van der Waals surface area contributed by atoms with E-state index in [1.54, 1.807) is 13.0 Å². The summed E-state index contributed by atoms with van der Waals surface area (Å²) in [4.78, 5) is 11.7. The first-order chi connectivity index (χ1) is 6.58. The van der Waals surface area contributed by atoms with Crippen LogP contribution in [0.2, 0.25) is 0 Å². The molecule has 1 aliphatic rings. The Morgan fingerprint density at radius 3 is 2.93 bits per heavy atom. The molecular weight excluding hydrogens is 180 g/mol. The average molecular weight is 192 g/mol. The average Bonchev–Trinajstić information content (AvgIpc) is 1.99. The Kier molecular flexibility index (Phi) is 1.95. The highest BCUT2D eigenvalue weighted by molar-refractivity contribution is 6.01. The van der Waals surface area contributed by atoms with Crippen LogP contribution in [0.15, 0.2) is 12.1 Å². The van der Waals surface area contributed by atoms with E-state index >= 15 is 0 Å². The van der Waals surface area contributed by atoms with Crippen molar-refractivity contribution in [2.45, 2.75) is 26.4 Å². The normalized spacial score (nSPS) is 20.1. The fourth-order valence-corrected chi connectivity index (χ4v) is 1.81. The molecule has 0 aliphatic carbocycles. The number of ketones is 1. The Balaban J connectivity index is 2.59. The molecule has 1 aromatic carbocycles. The summed E-state index contributed by atoms with van der Waals surface area (Å²) in [5.74, 6) is 0.741. The number of benzene rings is 1. The van der Waals surface area contributed by atoms with Crippen molar-refractivity contribution in [3.8, 4) is 11.5 Å². The van der Waals surface area contributed by atoms with Crippen molar-refractivity contribution < 1.29 is 14.6 Å². The van der Waals surface area contributed by atoms with Gasteiger partial charge in [-0.3, -0.25) is 4.79 Å². The molecule has 3 heteroatoms. The summed E-state index contributed by atoms with van der Waals surface area (Å²) < 4.78 is 5.48. The smallest absolute Gasteiger partial charge is 0.170 e. The molecule has 1 atom stereocenters. The number of phenolic OH excluding ortho intramolecular Hbond substituents is 1. The summed E-state index contributed by atoms with van der Waals surface area (Å²) in [7, 11) is 0. The predicted molar refractivity (Wildman–Crippen MR) is 51.9 cm³/mol. The van der Waals surface area contributed by atoms with E-state index in [1.165, 1.54) is 6.07 Å². The highest BCUT2D eigenvalue weighted by Gasteiger charge is 2.25. The summed E-state index contributed by atoms with van der Waals surface area (Å²) in [6, 6.07) is 3.08. The van der Waals surface area contributed by atoms with E-state index in [0.717, 1.165) is 5.56 Å². The zero-order chi connectivity index (χ0) is 10.3. The monoisotopic (exact) mass is 192 g/mol. The lowest BCUT2D eigenvalue weighted by atomic mass is 9.97. The minimum atomic E-state index is -0.101. The van der Waals surface area contributed by atoms with Crippen molar-refractivity contribution >= 4 is 5.78 Å². The van der Waals surface area contributed by atoms with E-state index in [-0.39, 0.29) is 17.6 Å². The maximum atomic E-state index is 11.7. The zero-order valence-electron chi connectivity index (χ0n) is 8.20. The van der Waals surface area contributed by atoms with Crippen LogP contribution in [-0.2, 0) is 0 Å². The lowest BCUT2D eigenvalue weighted by molar-refractivity contribution is 0.0869. The van der Waals surface area contributed by atoms with Crippen molar-refractivity contribution in [2.75, 3.05) is 0 Å². The van der Waals surface area contributed by atoms with E-state index in [2.05, 4.69) is 0 Å². The Hall–Kier alpha value is -1.51. The lowest BCUT2D eigenvalue weighted by Gasteiger charge is -2.23. The number of fused-ring (bicyclic) bond motifs is 1. The van der Waals surface area contributed by atoms with E-state index in [4.69, 9.17) is 4.74 Å². The summed E-state index contributed by atoms with van der Waals surface area (Å²) in [6.45, 7) is 3.65. The van der Waals surface area contributed by atoms with Crippen molar-refractivity contribution in [3.63, 3.8) is 0 Å². The highest BCUT2D eigenvalue weighted by Crippen LogP contribution is 2.33. The Bertz CT molecular complexity index is 396. The number of rotatable bonds is 0. The van der Waals surface area contributed by atoms with Crippen molar-refractivity contribution in [2.24, 2.45) is 0 Å². The number of aromatic hydroxyl groups is 1. The molecule has 1 heterocycles. The maximum absolute atomic E-state index is 11.7. The third-order valence-electron chi connectivity index (χ3n) is 2.36. The highest BCUT2D eigenvalue weighted by atomic mass is 16.5. The van der Waals surface area contributed by atoms with Crippen molar-refractivity contribution in [1.29, 1.82) is 0 Å². The Labute approximate surface area is 82.3 Å². The third kappa shape index (κ3) is 1.35. The summed E-state index contributed by atoms with van der Waals surface area (Å²) >= 11 is 0. The van der Waals surface area contributed by atoms with E-state index in [1.807, 2.05) is 6.92 Å². The number of Topliss-reactive ketones (excluding diaryl/α,β-unsaturated/α-hetero) is 1. The van der Waals surface area contributed by atoms with E-state index in [9.17, 15) is 9.90 Å². The number of hydrogen-bond acceptors (Lipinski definition) is 3.